The molecule has 1 heterocycles. The van der Waals surface area contributed by atoms with Crippen molar-refractivity contribution < 1.29 is 13.6 Å². The van der Waals surface area contributed by atoms with Gasteiger partial charge in [-0.1, -0.05) is 29.3 Å². The molecule has 0 aliphatic carbocycles. The zero-order chi connectivity index (χ0) is 14.0. The molecule has 1 N–H and O–H groups in total. The number of aromatic nitrogens is 2. The Labute approximate surface area is 116 Å². The van der Waals surface area contributed by atoms with Gasteiger partial charge in [-0.2, -0.15) is 0 Å². The van der Waals surface area contributed by atoms with Crippen LogP contribution in [0.15, 0.2) is 24.5 Å². The first-order valence-electron chi connectivity index (χ1n) is 4.92. The molecule has 1 aromatic carbocycles. The molecular formula is C11H5Cl2F2N3O. The van der Waals surface area contributed by atoms with Crippen LogP contribution in [0.5, 0.6) is 0 Å². The van der Waals surface area contributed by atoms with E-state index in [1.165, 1.54) is 0 Å². The maximum atomic E-state index is 13.4. The second-order valence-corrected chi connectivity index (χ2v) is 4.11. The molecule has 0 unspecified atom stereocenters. The van der Waals surface area contributed by atoms with Gasteiger partial charge < -0.3 is 5.32 Å². The van der Waals surface area contributed by atoms with E-state index in [1.807, 2.05) is 0 Å². The molecule has 0 aliphatic heterocycles. The van der Waals surface area contributed by atoms with Crippen molar-refractivity contribution in [1.29, 1.82) is 0 Å². The second kappa shape index (κ2) is 5.46. The van der Waals surface area contributed by atoms with Crippen molar-refractivity contribution in [3.63, 3.8) is 0 Å². The molecule has 2 aromatic rings. The van der Waals surface area contributed by atoms with Gasteiger partial charge >= 0.3 is 0 Å². The Morgan fingerprint density at radius 2 is 1.79 bits per heavy atom. The molecule has 1 aromatic heterocycles. The molecule has 8 heteroatoms. The lowest BCUT2D eigenvalue weighted by Gasteiger charge is -2.07. The number of rotatable bonds is 2. The highest BCUT2D eigenvalue weighted by Crippen LogP contribution is 2.26. The lowest BCUT2D eigenvalue weighted by atomic mass is 10.2. The minimum atomic E-state index is -1.02. The molecule has 19 heavy (non-hydrogen) atoms. The molecule has 98 valence electrons. The van der Waals surface area contributed by atoms with Crippen LogP contribution in [0.25, 0.3) is 0 Å². The third-order valence-electron chi connectivity index (χ3n) is 2.17. The predicted octanol–water partition coefficient (Wildman–Crippen LogP) is 3.31. The minimum Gasteiger partial charge on any atom is -0.305 e. The summed E-state index contributed by atoms with van der Waals surface area (Å²) in [6.45, 7) is 0. The molecule has 4 nitrogen and oxygen atoms in total. The topological polar surface area (TPSA) is 54.9 Å². The maximum absolute atomic E-state index is 13.4. The van der Waals surface area contributed by atoms with Gasteiger partial charge in [0.2, 0.25) is 0 Å². The second-order valence-electron chi connectivity index (χ2n) is 3.38. The van der Waals surface area contributed by atoms with Gasteiger partial charge in [0.1, 0.15) is 28.5 Å². The van der Waals surface area contributed by atoms with Crippen molar-refractivity contribution in [2.75, 3.05) is 5.32 Å². The average molecular weight is 304 g/mol. The fraction of sp³-hybridized carbons (Fsp3) is 0. The van der Waals surface area contributed by atoms with Gasteiger partial charge in [0.25, 0.3) is 5.91 Å². The van der Waals surface area contributed by atoms with Gasteiger partial charge in [-0.3, -0.25) is 4.79 Å². The van der Waals surface area contributed by atoms with Gasteiger partial charge in [0.05, 0.1) is 0 Å². The molecule has 0 saturated heterocycles. The summed E-state index contributed by atoms with van der Waals surface area (Å²) in [5, 5.41) is 1.96. The highest BCUT2D eigenvalue weighted by atomic mass is 35.5. The number of hydrogen-bond acceptors (Lipinski definition) is 3. The number of anilines is 1. The summed E-state index contributed by atoms with van der Waals surface area (Å²) < 4.78 is 26.8. The first-order valence-corrected chi connectivity index (χ1v) is 5.67. The Kier molecular flexibility index (Phi) is 3.92. The summed E-state index contributed by atoms with van der Waals surface area (Å²) in [7, 11) is 0. The average Bonchev–Trinajstić information content (AvgIpc) is 2.35. The molecule has 2 rings (SSSR count). The molecule has 0 bridgehead atoms. The molecule has 0 saturated carbocycles. The van der Waals surface area contributed by atoms with Crippen LogP contribution >= 0.6 is 23.2 Å². The van der Waals surface area contributed by atoms with Gasteiger partial charge in [-0.15, -0.1) is 0 Å². The van der Waals surface area contributed by atoms with Crippen LogP contribution in [0.2, 0.25) is 10.2 Å². The Hall–Kier alpha value is -1.79. The highest BCUT2D eigenvalue weighted by molar-refractivity contribution is 6.43. The number of nitrogens with one attached hydrogen (secondary N) is 1. The fourth-order valence-electron chi connectivity index (χ4n) is 1.32. The third kappa shape index (κ3) is 2.80. The van der Waals surface area contributed by atoms with Crippen LogP contribution in [0.3, 0.4) is 0 Å². The van der Waals surface area contributed by atoms with E-state index in [0.717, 1.165) is 24.5 Å². The van der Waals surface area contributed by atoms with E-state index in [9.17, 15) is 13.6 Å². The molecule has 1 amide bonds. The Morgan fingerprint density at radius 1 is 1.16 bits per heavy atom. The molecular weight excluding hydrogens is 299 g/mol. The van der Waals surface area contributed by atoms with Crippen LogP contribution in [0.1, 0.15) is 10.4 Å². The van der Waals surface area contributed by atoms with E-state index >= 15 is 0 Å². The van der Waals surface area contributed by atoms with Crippen LogP contribution in [-0.2, 0) is 0 Å². The lowest BCUT2D eigenvalue weighted by Crippen LogP contribution is -2.17. The fourth-order valence-corrected chi connectivity index (χ4v) is 1.60. The number of benzene rings is 1. The quantitative estimate of drug-likeness (QED) is 0.866. The zero-order valence-corrected chi connectivity index (χ0v) is 10.6. The van der Waals surface area contributed by atoms with E-state index in [2.05, 4.69) is 15.3 Å². The molecule has 0 aliphatic rings. The van der Waals surface area contributed by atoms with Gasteiger partial charge in [0, 0.05) is 0 Å². The van der Waals surface area contributed by atoms with Crippen molar-refractivity contribution >= 4 is 34.9 Å². The number of carbonyl (C=O) groups excluding carboxylic acids is 1. The first-order chi connectivity index (χ1) is 9.00. The number of nitrogens with zero attached hydrogens (tertiary/aromatic N) is 2. The summed E-state index contributed by atoms with van der Waals surface area (Å²) in [4.78, 5) is 19.0. The monoisotopic (exact) mass is 303 g/mol. The van der Waals surface area contributed by atoms with Crippen molar-refractivity contribution in [1.82, 2.24) is 9.97 Å². The van der Waals surface area contributed by atoms with Crippen molar-refractivity contribution in [3.8, 4) is 0 Å². The van der Waals surface area contributed by atoms with Crippen LogP contribution < -0.4 is 5.32 Å². The predicted molar refractivity (Wildman–Crippen MR) is 66.4 cm³/mol. The molecule has 0 radical (unpaired) electrons. The summed E-state index contributed by atoms with van der Waals surface area (Å²) >= 11 is 11.4. The summed E-state index contributed by atoms with van der Waals surface area (Å²) in [6, 6.07) is 3.08. The lowest BCUT2D eigenvalue weighted by molar-refractivity contribution is 0.101. The number of amides is 1. The van der Waals surface area contributed by atoms with Crippen LogP contribution in [0, 0.1) is 11.6 Å². The largest absolute Gasteiger partial charge is 0.305 e. The summed E-state index contributed by atoms with van der Waals surface area (Å²) in [5.41, 5.74) is -0.728. The summed E-state index contributed by atoms with van der Waals surface area (Å²) in [6.07, 6.45) is 1.06. The zero-order valence-electron chi connectivity index (χ0n) is 9.12. The molecule has 0 fully saturated rings. The van der Waals surface area contributed by atoms with E-state index in [1.54, 1.807) is 0 Å². The van der Waals surface area contributed by atoms with E-state index in [4.69, 9.17) is 23.2 Å². The Morgan fingerprint density at radius 3 is 2.42 bits per heavy atom. The first kappa shape index (κ1) is 13.6. The van der Waals surface area contributed by atoms with Crippen LogP contribution in [-0.4, -0.2) is 15.9 Å². The third-order valence-corrected chi connectivity index (χ3v) is 2.91. The van der Waals surface area contributed by atoms with Gasteiger partial charge in [0.15, 0.2) is 11.0 Å². The van der Waals surface area contributed by atoms with Crippen molar-refractivity contribution in [2.24, 2.45) is 0 Å². The maximum Gasteiger partial charge on any atom is 0.262 e. The van der Waals surface area contributed by atoms with E-state index in [-0.39, 0.29) is 16.0 Å². The Bertz CT molecular complexity index is 632. The molecule has 0 spiro atoms. The summed E-state index contributed by atoms with van der Waals surface area (Å²) in [5.74, 6) is -3.14. The number of halogens is 4. The van der Waals surface area contributed by atoms with Crippen molar-refractivity contribution in [2.45, 2.75) is 0 Å². The van der Waals surface area contributed by atoms with Crippen LogP contribution in [0.4, 0.5) is 14.6 Å². The number of carbonyl (C=O) groups is 1. The van der Waals surface area contributed by atoms with E-state index < -0.39 is 23.1 Å². The normalized spacial score (nSPS) is 10.3. The van der Waals surface area contributed by atoms with Gasteiger partial charge in [-0.05, 0) is 12.1 Å². The van der Waals surface area contributed by atoms with Gasteiger partial charge in [-0.25, -0.2) is 18.7 Å². The van der Waals surface area contributed by atoms with Crippen molar-refractivity contribution in [3.05, 3.63) is 51.9 Å². The smallest absolute Gasteiger partial charge is 0.262 e. The SMILES string of the molecule is O=C(Nc1ncnc(Cl)c1Cl)c1c(F)cccc1F. The number of hydrogen-bond donors (Lipinski definition) is 1. The molecule has 0 atom stereocenters. The highest BCUT2D eigenvalue weighted by Gasteiger charge is 2.19. The van der Waals surface area contributed by atoms with E-state index in [0.29, 0.717) is 0 Å². The standard InChI is InChI=1S/C11H5Cl2F2N3O/c12-8-9(13)16-4-17-10(8)18-11(19)7-5(14)2-1-3-6(7)15/h1-4H,(H,16,17,18,19). The Balaban J connectivity index is 2.34. The minimum absolute atomic E-state index is 0.0824.